The minimum absolute atomic E-state index is 0.0692. The molecule has 2 aromatic heterocycles. The lowest BCUT2D eigenvalue weighted by molar-refractivity contribution is -0.117. The van der Waals surface area contributed by atoms with Crippen molar-refractivity contribution in [3.05, 3.63) is 66.0 Å². The minimum atomic E-state index is -0.0692. The van der Waals surface area contributed by atoms with Crippen LogP contribution in [0.1, 0.15) is 30.7 Å². The molecule has 0 radical (unpaired) electrons. The van der Waals surface area contributed by atoms with Crippen LogP contribution in [0.5, 0.6) is 0 Å². The van der Waals surface area contributed by atoms with Crippen LogP contribution in [0, 0.1) is 0 Å². The molecule has 0 bridgehead atoms. The van der Waals surface area contributed by atoms with Gasteiger partial charge in [-0.25, -0.2) is 0 Å². The molecule has 1 fully saturated rings. The van der Waals surface area contributed by atoms with Crippen molar-refractivity contribution >= 4 is 22.5 Å². The maximum atomic E-state index is 12.5. The molecule has 140 valence electrons. The van der Waals surface area contributed by atoms with Gasteiger partial charge in [-0.15, -0.1) is 0 Å². The van der Waals surface area contributed by atoms with Gasteiger partial charge < -0.3 is 14.4 Å². The molecule has 3 heterocycles. The Morgan fingerprint density at radius 3 is 2.79 bits per heavy atom. The first-order chi connectivity index (χ1) is 13.7. The van der Waals surface area contributed by atoms with Crippen LogP contribution in [0.15, 0.2) is 59.1 Å². The summed E-state index contributed by atoms with van der Waals surface area (Å²) in [6.07, 6.45) is 1.37. The van der Waals surface area contributed by atoms with Crippen molar-refractivity contribution in [3.8, 4) is 11.6 Å². The third-order valence-corrected chi connectivity index (χ3v) is 5.35. The van der Waals surface area contributed by atoms with Crippen LogP contribution in [0.3, 0.4) is 0 Å². The van der Waals surface area contributed by atoms with Gasteiger partial charge >= 0.3 is 0 Å². The standard InChI is InChI=1S/C22H20N4O2/c1-2-14-7-9-17(10-8-14)26-13-16(12-20(26)27)21-24-22(28-25-21)19-11-15-5-3-4-6-18(15)23-19/h3-11,16,23H,2,12-13H2,1H3. The number of benzene rings is 2. The third kappa shape index (κ3) is 2.87. The number of anilines is 1. The molecule has 1 atom stereocenters. The van der Waals surface area contributed by atoms with Gasteiger partial charge in [0.2, 0.25) is 5.91 Å². The van der Waals surface area contributed by atoms with Gasteiger partial charge in [-0.3, -0.25) is 4.79 Å². The number of carbonyl (C=O) groups is 1. The number of fused-ring (bicyclic) bond motifs is 1. The van der Waals surface area contributed by atoms with Gasteiger partial charge in [-0.05, 0) is 36.2 Å². The summed E-state index contributed by atoms with van der Waals surface area (Å²) in [4.78, 5) is 22.2. The van der Waals surface area contributed by atoms with Gasteiger partial charge in [0.05, 0.1) is 0 Å². The summed E-state index contributed by atoms with van der Waals surface area (Å²) in [6.45, 7) is 2.68. The summed E-state index contributed by atoms with van der Waals surface area (Å²) in [5.74, 6) is 1.05. The van der Waals surface area contributed by atoms with Gasteiger partial charge in [0.25, 0.3) is 5.89 Å². The molecule has 1 aliphatic heterocycles. The second-order valence-corrected chi connectivity index (χ2v) is 7.15. The summed E-state index contributed by atoms with van der Waals surface area (Å²) in [5.41, 5.74) is 3.99. The van der Waals surface area contributed by atoms with E-state index in [9.17, 15) is 4.79 Å². The fourth-order valence-electron chi connectivity index (χ4n) is 3.74. The lowest BCUT2D eigenvalue weighted by Crippen LogP contribution is -2.24. The smallest absolute Gasteiger partial charge is 0.274 e. The van der Waals surface area contributed by atoms with Crippen LogP contribution < -0.4 is 4.90 Å². The lowest BCUT2D eigenvalue weighted by atomic mass is 10.1. The summed E-state index contributed by atoms with van der Waals surface area (Å²) >= 11 is 0. The second-order valence-electron chi connectivity index (χ2n) is 7.15. The van der Waals surface area contributed by atoms with E-state index in [1.54, 1.807) is 0 Å². The first-order valence-corrected chi connectivity index (χ1v) is 9.52. The maximum absolute atomic E-state index is 12.5. The lowest BCUT2D eigenvalue weighted by Gasteiger charge is -2.16. The van der Waals surface area contributed by atoms with Crippen molar-refractivity contribution < 1.29 is 9.32 Å². The number of aryl methyl sites for hydroxylation is 1. The van der Waals surface area contributed by atoms with Crippen molar-refractivity contribution in [1.82, 2.24) is 15.1 Å². The average molecular weight is 372 g/mol. The number of nitrogens with zero attached hydrogens (tertiary/aromatic N) is 3. The van der Waals surface area contributed by atoms with E-state index < -0.39 is 0 Å². The highest BCUT2D eigenvalue weighted by Crippen LogP contribution is 2.32. The normalized spacial score (nSPS) is 17.0. The van der Waals surface area contributed by atoms with E-state index in [0.29, 0.717) is 24.7 Å². The highest BCUT2D eigenvalue weighted by molar-refractivity contribution is 5.96. The van der Waals surface area contributed by atoms with E-state index in [1.807, 2.05) is 47.4 Å². The number of hydrogen-bond donors (Lipinski definition) is 1. The molecule has 2 aromatic carbocycles. The van der Waals surface area contributed by atoms with Crippen molar-refractivity contribution in [2.45, 2.75) is 25.7 Å². The van der Waals surface area contributed by atoms with E-state index >= 15 is 0 Å². The average Bonchev–Trinajstić information content (AvgIpc) is 3.45. The zero-order valence-electron chi connectivity index (χ0n) is 15.6. The van der Waals surface area contributed by atoms with Crippen LogP contribution in [0.25, 0.3) is 22.5 Å². The van der Waals surface area contributed by atoms with Crippen LogP contribution in [-0.4, -0.2) is 27.6 Å². The molecule has 6 heteroatoms. The Balaban J connectivity index is 1.37. The maximum Gasteiger partial charge on any atom is 0.274 e. The van der Waals surface area contributed by atoms with Crippen molar-refractivity contribution in [3.63, 3.8) is 0 Å². The second kappa shape index (κ2) is 6.64. The van der Waals surface area contributed by atoms with Gasteiger partial charge in [0, 0.05) is 35.5 Å². The highest BCUT2D eigenvalue weighted by Gasteiger charge is 2.34. The van der Waals surface area contributed by atoms with E-state index in [1.165, 1.54) is 5.56 Å². The number of rotatable bonds is 4. The van der Waals surface area contributed by atoms with E-state index in [4.69, 9.17) is 4.52 Å². The number of carbonyl (C=O) groups excluding carboxylic acids is 1. The van der Waals surface area contributed by atoms with Crippen LogP contribution in [0.4, 0.5) is 5.69 Å². The van der Waals surface area contributed by atoms with Crippen LogP contribution in [-0.2, 0) is 11.2 Å². The Bertz CT molecular complexity index is 1110. The highest BCUT2D eigenvalue weighted by atomic mass is 16.5. The Hall–Kier alpha value is -3.41. The number of hydrogen-bond acceptors (Lipinski definition) is 4. The molecule has 1 N–H and O–H groups in total. The molecular weight excluding hydrogens is 352 g/mol. The Labute approximate surface area is 162 Å². The quantitative estimate of drug-likeness (QED) is 0.579. The van der Waals surface area contributed by atoms with E-state index in [-0.39, 0.29) is 11.8 Å². The van der Waals surface area contributed by atoms with Crippen molar-refractivity contribution in [2.24, 2.45) is 0 Å². The molecule has 0 aliphatic carbocycles. The molecule has 4 aromatic rings. The third-order valence-electron chi connectivity index (χ3n) is 5.35. The predicted octanol–water partition coefficient (Wildman–Crippen LogP) is 4.30. The van der Waals surface area contributed by atoms with Crippen LogP contribution >= 0.6 is 0 Å². The molecule has 6 nitrogen and oxygen atoms in total. The fourth-order valence-corrected chi connectivity index (χ4v) is 3.74. The van der Waals surface area contributed by atoms with E-state index in [0.717, 1.165) is 28.7 Å². The number of H-pyrrole nitrogens is 1. The zero-order valence-corrected chi connectivity index (χ0v) is 15.6. The summed E-state index contributed by atoms with van der Waals surface area (Å²) < 4.78 is 5.48. The molecule has 0 spiro atoms. The van der Waals surface area contributed by atoms with Crippen LogP contribution in [0.2, 0.25) is 0 Å². The molecule has 1 aliphatic rings. The van der Waals surface area contributed by atoms with Gasteiger partial charge in [0.15, 0.2) is 5.82 Å². The topological polar surface area (TPSA) is 75.0 Å². The molecule has 1 saturated heterocycles. The van der Waals surface area contributed by atoms with Crippen molar-refractivity contribution in [1.29, 1.82) is 0 Å². The van der Waals surface area contributed by atoms with Crippen molar-refractivity contribution in [2.75, 3.05) is 11.4 Å². The minimum Gasteiger partial charge on any atom is -0.351 e. The molecule has 1 amide bonds. The Morgan fingerprint density at radius 1 is 1.18 bits per heavy atom. The zero-order chi connectivity index (χ0) is 19.1. The first kappa shape index (κ1) is 16.7. The number of aromatic amines is 1. The summed E-state index contributed by atoms with van der Waals surface area (Å²) in [6, 6.07) is 18.1. The van der Waals surface area contributed by atoms with Gasteiger partial charge in [-0.1, -0.05) is 42.4 Å². The number of para-hydroxylation sites is 1. The first-order valence-electron chi connectivity index (χ1n) is 9.52. The molecule has 0 saturated carbocycles. The summed E-state index contributed by atoms with van der Waals surface area (Å²) in [5, 5.41) is 5.24. The number of aromatic nitrogens is 3. The van der Waals surface area contributed by atoms with Gasteiger partial charge in [0.1, 0.15) is 5.69 Å². The van der Waals surface area contributed by atoms with Gasteiger partial charge in [-0.2, -0.15) is 4.98 Å². The SMILES string of the molecule is CCc1ccc(N2CC(c3noc(-c4cc5ccccc5[nH]4)n3)CC2=O)cc1. The molecule has 28 heavy (non-hydrogen) atoms. The Morgan fingerprint density at radius 2 is 2.00 bits per heavy atom. The summed E-state index contributed by atoms with van der Waals surface area (Å²) in [7, 11) is 0. The predicted molar refractivity (Wildman–Crippen MR) is 107 cm³/mol. The molecule has 1 unspecified atom stereocenters. The fraction of sp³-hybridized carbons (Fsp3) is 0.227. The molecule has 5 rings (SSSR count). The molecular formula is C22H20N4O2. The largest absolute Gasteiger partial charge is 0.351 e. The van der Waals surface area contributed by atoms with E-state index in [2.05, 4.69) is 34.2 Å². The monoisotopic (exact) mass is 372 g/mol. The number of nitrogens with one attached hydrogen (secondary N) is 1. The number of amides is 1. The Kier molecular flexibility index (Phi) is 3.97.